The lowest BCUT2D eigenvalue weighted by molar-refractivity contribution is 0.0440. The van der Waals surface area contributed by atoms with Crippen LogP contribution in [0.1, 0.15) is 37.7 Å². The van der Waals surface area contributed by atoms with Gasteiger partial charge in [0.15, 0.2) is 0 Å². The second kappa shape index (κ2) is 5.64. The number of likely N-dealkylation sites (N-methyl/N-ethyl adjacent to an activating group) is 1. The molecule has 3 rings (SSSR count). The molecule has 2 aliphatic carbocycles. The number of methoxy groups -OCH3 is 1. The van der Waals surface area contributed by atoms with E-state index in [1.807, 2.05) is 7.11 Å². The Hall–Kier alpha value is -0.860. The Morgan fingerprint density at radius 2 is 2.00 bits per heavy atom. The molecule has 1 aromatic rings. The van der Waals surface area contributed by atoms with E-state index < -0.39 is 0 Å². The summed E-state index contributed by atoms with van der Waals surface area (Å²) in [5.74, 6) is 2.29. The zero-order valence-corrected chi connectivity index (χ0v) is 12.0. The van der Waals surface area contributed by atoms with Crippen LogP contribution in [0.2, 0.25) is 0 Å². The molecule has 0 amide bonds. The molecule has 0 aromatic heterocycles. The van der Waals surface area contributed by atoms with Crippen molar-refractivity contribution in [2.45, 2.75) is 44.2 Å². The van der Waals surface area contributed by atoms with Gasteiger partial charge in [-0.1, -0.05) is 37.3 Å². The minimum atomic E-state index is 0.415. The Labute approximate surface area is 116 Å². The molecule has 0 spiro atoms. The molecule has 0 heterocycles. The average molecular weight is 259 g/mol. The van der Waals surface area contributed by atoms with Crippen molar-refractivity contribution in [2.75, 3.05) is 13.7 Å². The fourth-order valence-corrected chi connectivity index (χ4v) is 3.50. The largest absolute Gasteiger partial charge is 0.380 e. The van der Waals surface area contributed by atoms with E-state index in [1.165, 1.54) is 24.8 Å². The molecular weight excluding hydrogens is 234 g/mol. The van der Waals surface area contributed by atoms with Gasteiger partial charge < -0.3 is 10.1 Å². The van der Waals surface area contributed by atoms with Crippen LogP contribution in [0.5, 0.6) is 0 Å². The fourth-order valence-electron chi connectivity index (χ4n) is 3.50. The minimum Gasteiger partial charge on any atom is -0.380 e. The highest BCUT2D eigenvalue weighted by Crippen LogP contribution is 2.52. The molecule has 4 atom stereocenters. The van der Waals surface area contributed by atoms with E-state index in [0.29, 0.717) is 12.1 Å². The topological polar surface area (TPSA) is 21.3 Å². The highest BCUT2D eigenvalue weighted by atomic mass is 16.5. The molecule has 104 valence electrons. The summed E-state index contributed by atoms with van der Waals surface area (Å²) in [7, 11) is 1.88. The Bertz CT molecular complexity index is 401. The maximum absolute atomic E-state index is 5.81. The standard InChI is InChI=1S/C17H25NO/c1-3-18-16(17(19-2)13-9-10-13)15-11-14(15)12-7-5-4-6-8-12/h4-8,13-18H,3,9-11H2,1-2H3. The van der Waals surface area contributed by atoms with Crippen LogP contribution in [0.3, 0.4) is 0 Å². The molecule has 2 heteroatoms. The smallest absolute Gasteiger partial charge is 0.0755 e. The van der Waals surface area contributed by atoms with Gasteiger partial charge in [-0.15, -0.1) is 0 Å². The summed E-state index contributed by atoms with van der Waals surface area (Å²) in [4.78, 5) is 0. The molecule has 2 aliphatic rings. The normalized spacial score (nSPS) is 28.9. The first-order valence-corrected chi connectivity index (χ1v) is 7.66. The van der Waals surface area contributed by atoms with Crippen LogP contribution in [0, 0.1) is 11.8 Å². The van der Waals surface area contributed by atoms with Crippen molar-refractivity contribution in [3.8, 4) is 0 Å². The molecule has 2 saturated carbocycles. The molecule has 1 aromatic carbocycles. The summed E-state index contributed by atoms with van der Waals surface area (Å²) in [6, 6.07) is 11.5. The van der Waals surface area contributed by atoms with Gasteiger partial charge in [0.1, 0.15) is 0 Å². The second-order valence-corrected chi connectivity index (χ2v) is 6.04. The molecule has 2 nitrogen and oxygen atoms in total. The monoisotopic (exact) mass is 259 g/mol. The van der Waals surface area contributed by atoms with Gasteiger partial charge in [-0.25, -0.2) is 0 Å². The van der Waals surface area contributed by atoms with Crippen LogP contribution < -0.4 is 5.32 Å². The van der Waals surface area contributed by atoms with Crippen molar-refractivity contribution < 1.29 is 4.74 Å². The van der Waals surface area contributed by atoms with Crippen LogP contribution in [-0.4, -0.2) is 25.8 Å². The lowest BCUT2D eigenvalue weighted by atomic mass is 9.98. The van der Waals surface area contributed by atoms with Crippen LogP contribution in [0.25, 0.3) is 0 Å². The molecule has 4 unspecified atom stereocenters. The Morgan fingerprint density at radius 3 is 2.58 bits per heavy atom. The molecule has 1 N–H and O–H groups in total. The van der Waals surface area contributed by atoms with Crippen LogP contribution >= 0.6 is 0 Å². The lowest BCUT2D eigenvalue weighted by Crippen LogP contribution is -2.44. The summed E-state index contributed by atoms with van der Waals surface area (Å²) < 4.78 is 5.81. The van der Waals surface area contributed by atoms with Crippen molar-refractivity contribution >= 4 is 0 Å². The van der Waals surface area contributed by atoms with E-state index in [4.69, 9.17) is 4.74 Å². The third kappa shape index (κ3) is 2.85. The fraction of sp³-hybridized carbons (Fsp3) is 0.647. The summed E-state index contributed by atoms with van der Waals surface area (Å²) in [6.45, 7) is 3.24. The SMILES string of the molecule is CCNC(C1CC1c1ccccc1)C(OC)C1CC1. The zero-order chi connectivity index (χ0) is 13.2. The quantitative estimate of drug-likeness (QED) is 0.812. The first-order valence-electron chi connectivity index (χ1n) is 7.66. The van der Waals surface area contributed by atoms with Crippen LogP contribution in [0.15, 0.2) is 30.3 Å². The van der Waals surface area contributed by atoms with Gasteiger partial charge in [-0.05, 0) is 49.1 Å². The minimum absolute atomic E-state index is 0.415. The molecule has 0 aliphatic heterocycles. The van der Waals surface area contributed by atoms with Crippen molar-refractivity contribution in [3.05, 3.63) is 35.9 Å². The van der Waals surface area contributed by atoms with E-state index in [9.17, 15) is 0 Å². The number of benzene rings is 1. The highest BCUT2D eigenvalue weighted by molar-refractivity contribution is 5.27. The summed E-state index contributed by atoms with van der Waals surface area (Å²) in [6.07, 6.45) is 4.43. The van der Waals surface area contributed by atoms with Gasteiger partial charge >= 0.3 is 0 Å². The highest BCUT2D eigenvalue weighted by Gasteiger charge is 2.49. The predicted molar refractivity (Wildman–Crippen MR) is 78.3 cm³/mol. The predicted octanol–water partition coefficient (Wildman–Crippen LogP) is 3.19. The van der Waals surface area contributed by atoms with Crippen molar-refractivity contribution in [2.24, 2.45) is 11.8 Å². The maximum atomic E-state index is 5.81. The first-order chi connectivity index (χ1) is 9.35. The molecular formula is C17H25NO. The lowest BCUT2D eigenvalue weighted by Gasteiger charge is -2.27. The molecule has 0 saturated heterocycles. The summed E-state index contributed by atoms with van der Waals surface area (Å²) in [5, 5.41) is 3.69. The van der Waals surface area contributed by atoms with E-state index in [2.05, 4.69) is 42.6 Å². The van der Waals surface area contributed by atoms with Crippen molar-refractivity contribution in [1.82, 2.24) is 5.32 Å². The van der Waals surface area contributed by atoms with Crippen LogP contribution in [-0.2, 0) is 4.74 Å². The molecule has 19 heavy (non-hydrogen) atoms. The van der Waals surface area contributed by atoms with Gasteiger partial charge in [-0.3, -0.25) is 0 Å². The van der Waals surface area contributed by atoms with Gasteiger partial charge in [0.25, 0.3) is 0 Å². The number of hydrogen-bond donors (Lipinski definition) is 1. The van der Waals surface area contributed by atoms with Gasteiger partial charge in [0.05, 0.1) is 6.10 Å². The van der Waals surface area contributed by atoms with Crippen molar-refractivity contribution in [1.29, 1.82) is 0 Å². The van der Waals surface area contributed by atoms with Gasteiger partial charge in [-0.2, -0.15) is 0 Å². The van der Waals surface area contributed by atoms with E-state index in [0.717, 1.165) is 24.3 Å². The maximum Gasteiger partial charge on any atom is 0.0755 e. The summed E-state index contributed by atoms with van der Waals surface area (Å²) in [5.41, 5.74) is 1.50. The third-order valence-corrected chi connectivity index (χ3v) is 4.68. The van der Waals surface area contributed by atoms with Crippen LogP contribution in [0.4, 0.5) is 0 Å². The zero-order valence-electron chi connectivity index (χ0n) is 12.0. The second-order valence-electron chi connectivity index (χ2n) is 6.04. The Kier molecular flexibility index (Phi) is 3.90. The number of nitrogens with one attached hydrogen (secondary N) is 1. The van der Waals surface area contributed by atoms with E-state index >= 15 is 0 Å². The summed E-state index contributed by atoms with van der Waals surface area (Å²) >= 11 is 0. The Balaban J connectivity index is 1.68. The van der Waals surface area contributed by atoms with E-state index in [-0.39, 0.29) is 0 Å². The first kappa shape index (κ1) is 13.1. The van der Waals surface area contributed by atoms with Crippen molar-refractivity contribution in [3.63, 3.8) is 0 Å². The van der Waals surface area contributed by atoms with E-state index in [1.54, 1.807) is 0 Å². The number of ether oxygens (including phenoxy) is 1. The number of rotatable bonds is 7. The molecule has 0 bridgehead atoms. The van der Waals surface area contributed by atoms with Gasteiger partial charge in [0.2, 0.25) is 0 Å². The van der Waals surface area contributed by atoms with Gasteiger partial charge in [0, 0.05) is 13.2 Å². The number of hydrogen-bond acceptors (Lipinski definition) is 2. The molecule has 0 radical (unpaired) electrons. The third-order valence-electron chi connectivity index (χ3n) is 4.68. The molecule has 2 fully saturated rings. The Morgan fingerprint density at radius 1 is 1.26 bits per heavy atom. The average Bonchev–Trinajstić information content (AvgIpc) is 3.33.